The summed E-state index contributed by atoms with van der Waals surface area (Å²) in [6.45, 7) is 3.48. The van der Waals surface area contributed by atoms with E-state index >= 15 is 0 Å². The highest BCUT2D eigenvalue weighted by Crippen LogP contribution is 2.29. The maximum atomic E-state index is 13.3. The van der Waals surface area contributed by atoms with E-state index in [1.807, 2.05) is 29.2 Å². The van der Waals surface area contributed by atoms with Crippen LogP contribution >= 0.6 is 11.6 Å². The van der Waals surface area contributed by atoms with E-state index in [1.165, 1.54) is 30.4 Å². The summed E-state index contributed by atoms with van der Waals surface area (Å²) in [6, 6.07) is 29.1. The summed E-state index contributed by atoms with van der Waals surface area (Å²) in [5.74, 6) is 0.477. The number of halogens is 1. The van der Waals surface area contributed by atoms with Gasteiger partial charge in [0, 0.05) is 30.5 Å². The van der Waals surface area contributed by atoms with E-state index in [1.54, 1.807) is 0 Å². The van der Waals surface area contributed by atoms with Crippen LogP contribution in [0.2, 0.25) is 5.02 Å². The van der Waals surface area contributed by atoms with Crippen LogP contribution in [0.25, 0.3) is 0 Å². The van der Waals surface area contributed by atoms with Crippen molar-refractivity contribution in [2.75, 3.05) is 6.54 Å². The fraction of sp³-hybridized carbons (Fsp3) is 0.367. The van der Waals surface area contributed by atoms with Crippen LogP contribution < -0.4 is 0 Å². The number of hydrogen-bond donors (Lipinski definition) is 0. The van der Waals surface area contributed by atoms with Gasteiger partial charge in [0.15, 0.2) is 0 Å². The maximum absolute atomic E-state index is 13.3. The number of unbranched alkanes of at least 4 members (excludes halogenated alkanes) is 4. The second kappa shape index (κ2) is 13.9. The number of hydrogen-bond acceptors (Lipinski definition) is 1. The molecule has 0 aliphatic carbocycles. The van der Waals surface area contributed by atoms with Gasteiger partial charge in [-0.25, -0.2) is 0 Å². The summed E-state index contributed by atoms with van der Waals surface area (Å²) in [5, 5.41) is 0.723. The lowest BCUT2D eigenvalue weighted by molar-refractivity contribution is -0.132. The molecule has 0 saturated heterocycles. The van der Waals surface area contributed by atoms with Gasteiger partial charge in [-0.3, -0.25) is 4.79 Å². The van der Waals surface area contributed by atoms with Gasteiger partial charge in [-0.1, -0.05) is 123 Å². The zero-order valence-corrected chi connectivity index (χ0v) is 20.5. The number of rotatable bonds is 13. The van der Waals surface area contributed by atoms with E-state index in [2.05, 4.69) is 67.6 Å². The lowest BCUT2D eigenvalue weighted by Crippen LogP contribution is -2.32. The number of benzene rings is 3. The van der Waals surface area contributed by atoms with E-state index in [9.17, 15) is 4.79 Å². The minimum atomic E-state index is 0.228. The molecule has 0 heterocycles. The van der Waals surface area contributed by atoms with Crippen molar-refractivity contribution in [1.29, 1.82) is 0 Å². The highest BCUT2D eigenvalue weighted by Gasteiger charge is 2.20. The second-order valence-corrected chi connectivity index (χ2v) is 9.14. The Morgan fingerprint density at radius 3 is 1.97 bits per heavy atom. The first kappa shape index (κ1) is 25.1. The van der Waals surface area contributed by atoms with E-state index < -0.39 is 0 Å². The number of nitrogens with zero attached hydrogens (tertiary/aromatic N) is 1. The monoisotopic (exact) mass is 461 g/mol. The first-order chi connectivity index (χ1) is 16.2. The molecule has 0 bridgehead atoms. The van der Waals surface area contributed by atoms with Gasteiger partial charge in [0.2, 0.25) is 5.91 Å². The van der Waals surface area contributed by atoms with Gasteiger partial charge in [-0.05, 0) is 35.6 Å². The van der Waals surface area contributed by atoms with Gasteiger partial charge in [0.25, 0.3) is 0 Å². The molecule has 3 rings (SSSR count). The van der Waals surface area contributed by atoms with Crippen molar-refractivity contribution < 1.29 is 4.79 Å². The van der Waals surface area contributed by atoms with Gasteiger partial charge in [0.05, 0.1) is 0 Å². The molecule has 0 aliphatic heterocycles. The Hall–Kier alpha value is -2.58. The molecule has 3 aromatic rings. The van der Waals surface area contributed by atoms with Crippen LogP contribution in [-0.2, 0) is 11.3 Å². The zero-order chi connectivity index (χ0) is 23.3. The lowest BCUT2D eigenvalue weighted by atomic mass is 9.88. The Bertz CT molecular complexity index is 918. The second-order valence-electron chi connectivity index (χ2n) is 8.73. The normalized spacial score (nSPS) is 11.0. The van der Waals surface area contributed by atoms with Crippen molar-refractivity contribution in [2.45, 2.75) is 64.3 Å². The third-order valence-electron chi connectivity index (χ3n) is 6.26. The summed E-state index contributed by atoms with van der Waals surface area (Å²) in [6.07, 6.45) is 7.23. The molecular weight excluding hydrogens is 426 g/mol. The molecule has 0 N–H and O–H groups in total. The molecule has 0 spiro atoms. The third-order valence-corrected chi connectivity index (χ3v) is 6.63. The maximum Gasteiger partial charge on any atom is 0.222 e. The predicted molar refractivity (Wildman–Crippen MR) is 140 cm³/mol. The molecule has 0 atom stereocenters. The molecule has 0 aromatic heterocycles. The molecule has 3 aromatic carbocycles. The van der Waals surface area contributed by atoms with Crippen LogP contribution in [-0.4, -0.2) is 17.4 Å². The third kappa shape index (κ3) is 8.05. The molecule has 1 amide bonds. The molecule has 0 saturated carbocycles. The van der Waals surface area contributed by atoms with E-state index in [4.69, 9.17) is 11.6 Å². The van der Waals surface area contributed by atoms with Crippen molar-refractivity contribution in [2.24, 2.45) is 0 Å². The lowest BCUT2D eigenvalue weighted by Gasteiger charge is -2.27. The largest absolute Gasteiger partial charge is 0.338 e. The van der Waals surface area contributed by atoms with Crippen molar-refractivity contribution in [1.82, 2.24) is 4.90 Å². The van der Waals surface area contributed by atoms with Gasteiger partial charge >= 0.3 is 0 Å². The summed E-state index contributed by atoms with van der Waals surface area (Å²) in [4.78, 5) is 15.3. The Morgan fingerprint density at radius 2 is 1.36 bits per heavy atom. The van der Waals surface area contributed by atoms with E-state index in [-0.39, 0.29) is 11.8 Å². The van der Waals surface area contributed by atoms with Crippen LogP contribution in [0.15, 0.2) is 84.9 Å². The Balaban J connectivity index is 1.74. The summed E-state index contributed by atoms with van der Waals surface area (Å²) < 4.78 is 0. The quantitative estimate of drug-likeness (QED) is 0.234. The van der Waals surface area contributed by atoms with Crippen LogP contribution in [0.4, 0.5) is 0 Å². The van der Waals surface area contributed by atoms with Gasteiger partial charge in [-0.15, -0.1) is 0 Å². The van der Waals surface area contributed by atoms with Crippen molar-refractivity contribution in [3.8, 4) is 0 Å². The fourth-order valence-electron chi connectivity index (χ4n) is 4.34. The minimum absolute atomic E-state index is 0.228. The fourth-order valence-corrected chi connectivity index (χ4v) is 4.54. The van der Waals surface area contributed by atoms with Crippen LogP contribution in [0.5, 0.6) is 0 Å². The molecule has 0 unspecified atom stereocenters. The first-order valence-electron chi connectivity index (χ1n) is 12.3. The molecule has 3 heteroatoms. The van der Waals surface area contributed by atoms with Gasteiger partial charge < -0.3 is 4.90 Å². The van der Waals surface area contributed by atoms with Crippen molar-refractivity contribution in [3.63, 3.8) is 0 Å². The average molecular weight is 462 g/mol. The van der Waals surface area contributed by atoms with Gasteiger partial charge in [0.1, 0.15) is 0 Å². The number of amides is 1. The average Bonchev–Trinajstić information content (AvgIpc) is 2.85. The molecule has 2 nitrogen and oxygen atoms in total. The molecule has 33 heavy (non-hydrogen) atoms. The minimum Gasteiger partial charge on any atom is -0.338 e. The molecule has 0 fully saturated rings. The first-order valence-corrected chi connectivity index (χ1v) is 12.7. The highest BCUT2D eigenvalue weighted by atomic mass is 35.5. The molecule has 0 radical (unpaired) electrons. The molecular formula is C30H36ClNO. The zero-order valence-electron chi connectivity index (χ0n) is 19.8. The highest BCUT2D eigenvalue weighted by molar-refractivity contribution is 6.31. The molecule has 0 aliphatic rings. The Kier molecular flexibility index (Phi) is 10.5. The van der Waals surface area contributed by atoms with Crippen LogP contribution in [0.3, 0.4) is 0 Å². The van der Waals surface area contributed by atoms with Crippen LogP contribution in [0, 0.1) is 0 Å². The van der Waals surface area contributed by atoms with Crippen molar-refractivity contribution >= 4 is 17.5 Å². The summed E-state index contributed by atoms with van der Waals surface area (Å²) in [7, 11) is 0. The number of carbonyl (C=O) groups excluding carboxylic acids is 1. The summed E-state index contributed by atoms with van der Waals surface area (Å²) in [5.41, 5.74) is 3.58. The summed E-state index contributed by atoms with van der Waals surface area (Å²) >= 11 is 6.45. The Labute approximate surface area is 204 Å². The number of carbonyl (C=O) groups is 1. The van der Waals surface area contributed by atoms with E-state index in [0.717, 1.165) is 29.8 Å². The molecule has 174 valence electrons. The topological polar surface area (TPSA) is 20.3 Å². The Morgan fingerprint density at radius 1 is 0.788 bits per heavy atom. The standard InChI is InChI=1S/C30H36ClNO/c1-2-3-4-5-12-21-30(33)32(24-27-19-13-14-20-29(27)31)23-22-28(25-15-8-6-9-16-25)26-17-10-7-11-18-26/h6-11,13-20,28H,2-5,12,21-24H2,1H3. The smallest absolute Gasteiger partial charge is 0.222 e. The predicted octanol–water partition coefficient (Wildman–Crippen LogP) is 8.25. The van der Waals surface area contributed by atoms with Crippen LogP contribution in [0.1, 0.15) is 74.5 Å². The van der Waals surface area contributed by atoms with E-state index in [0.29, 0.717) is 19.5 Å². The van der Waals surface area contributed by atoms with Crippen molar-refractivity contribution in [3.05, 3.63) is 107 Å². The SMILES string of the molecule is CCCCCCCC(=O)N(CCC(c1ccccc1)c1ccccc1)Cc1ccccc1Cl. The van der Waals surface area contributed by atoms with Gasteiger partial charge in [-0.2, -0.15) is 0 Å².